The van der Waals surface area contributed by atoms with Gasteiger partial charge in [0.15, 0.2) is 6.61 Å². The van der Waals surface area contributed by atoms with E-state index in [-0.39, 0.29) is 18.4 Å². The highest BCUT2D eigenvalue weighted by Gasteiger charge is 2.08. The van der Waals surface area contributed by atoms with Crippen LogP contribution in [0.3, 0.4) is 0 Å². The van der Waals surface area contributed by atoms with E-state index in [2.05, 4.69) is 10.6 Å². The van der Waals surface area contributed by atoms with Crippen molar-refractivity contribution < 1.29 is 18.7 Å². The van der Waals surface area contributed by atoms with Crippen LogP contribution < -0.4 is 15.4 Å². The summed E-state index contributed by atoms with van der Waals surface area (Å²) in [7, 11) is 0. The summed E-state index contributed by atoms with van der Waals surface area (Å²) in [5.74, 6) is 0.813. The van der Waals surface area contributed by atoms with E-state index < -0.39 is 0 Å². The molecule has 0 fully saturated rings. The van der Waals surface area contributed by atoms with Gasteiger partial charge in [-0.25, -0.2) is 0 Å². The van der Waals surface area contributed by atoms with Gasteiger partial charge in [0.1, 0.15) is 11.5 Å². The van der Waals surface area contributed by atoms with Crippen LogP contribution >= 0.6 is 0 Å². The molecule has 0 atom stereocenters. The van der Waals surface area contributed by atoms with E-state index >= 15 is 0 Å². The third-order valence-corrected chi connectivity index (χ3v) is 4.52. The molecule has 6 heteroatoms. The minimum Gasteiger partial charge on any atom is -0.484 e. The van der Waals surface area contributed by atoms with Crippen LogP contribution in [0.15, 0.2) is 89.5 Å². The first-order valence-corrected chi connectivity index (χ1v) is 9.49. The van der Waals surface area contributed by atoms with Crippen LogP contribution in [0, 0.1) is 0 Å². The molecule has 6 nitrogen and oxygen atoms in total. The van der Waals surface area contributed by atoms with Crippen molar-refractivity contribution in [3.63, 3.8) is 0 Å². The molecule has 2 N–H and O–H groups in total. The fraction of sp³-hybridized carbons (Fsp3) is 0.0833. The monoisotopic (exact) mass is 400 g/mol. The van der Waals surface area contributed by atoms with E-state index in [4.69, 9.17) is 9.15 Å². The van der Waals surface area contributed by atoms with Crippen molar-refractivity contribution >= 4 is 28.3 Å². The topological polar surface area (TPSA) is 80.6 Å². The van der Waals surface area contributed by atoms with Gasteiger partial charge >= 0.3 is 0 Å². The fourth-order valence-corrected chi connectivity index (χ4v) is 2.99. The highest BCUT2D eigenvalue weighted by molar-refractivity contribution is 5.96. The number of anilines is 1. The molecule has 30 heavy (non-hydrogen) atoms. The van der Waals surface area contributed by atoms with E-state index in [0.29, 0.717) is 29.3 Å². The second-order valence-electron chi connectivity index (χ2n) is 6.69. The Hall–Kier alpha value is -4.06. The van der Waals surface area contributed by atoms with Gasteiger partial charge in [-0.1, -0.05) is 30.3 Å². The smallest absolute Gasteiger partial charge is 0.262 e. The lowest BCUT2D eigenvalue weighted by molar-refractivity contribution is -0.118. The highest BCUT2D eigenvalue weighted by Crippen LogP contribution is 2.20. The van der Waals surface area contributed by atoms with Crippen molar-refractivity contribution in [3.05, 3.63) is 96.4 Å². The molecular formula is C24H20N2O4. The van der Waals surface area contributed by atoms with Crippen LogP contribution in [0.4, 0.5) is 5.69 Å². The number of rotatable bonds is 7. The number of furan rings is 1. The minimum atomic E-state index is -0.279. The van der Waals surface area contributed by atoms with Crippen molar-refractivity contribution in [1.82, 2.24) is 5.32 Å². The zero-order chi connectivity index (χ0) is 20.8. The molecule has 0 radical (unpaired) electrons. The van der Waals surface area contributed by atoms with E-state index in [1.54, 1.807) is 42.7 Å². The third kappa shape index (κ3) is 4.86. The molecule has 1 aromatic heterocycles. The number of hydrogen-bond acceptors (Lipinski definition) is 4. The van der Waals surface area contributed by atoms with Crippen molar-refractivity contribution in [2.24, 2.45) is 0 Å². The Kier molecular flexibility index (Phi) is 5.75. The molecule has 3 aromatic carbocycles. The first kappa shape index (κ1) is 19.3. The van der Waals surface area contributed by atoms with Crippen LogP contribution in [-0.2, 0) is 11.3 Å². The molecular weight excluding hydrogens is 380 g/mol. The van der Waals surface area contributed by atoms with Gasteiger partial charge in [0.05, 0.1) is 12.8 Å². The highest BCUT2D eigenvalue weighted by atomic mass is 16.5. The molecule has 0 aliphatic rings. The van der Waals surface area contributed by atoms with Gasteiger partial charge in [-0.05, 0) is 59.3 Å². The molecule has 4 rings (SSSR count). The van der Waals surface area contributed by atoms with Gasteiger partial charge in [-0.3, -0.25) is 9.59 Å². The normalized spacial score (nSPS) is 10.5. The van der Waals surface area contributed by atoms with Gasteiger partial charge in [0.2, 0.25) is 0 Å². The molecule has 0 bridgehead atoms. The second-order valence-corrected chi connectivity index (χ2v) is 6.69. The number of ether oxygens (including phenoxy) is 1. The number of nitrogens with one attached hydrogen (secondary N) is 2. The molecule has 150 valence electrons. The Balaban J connectivity index is 1.28. The molecule has 4 aromatic rings. The van der Waals surface area contributed by atoms with Crippen LogP contribution in [0.1, 0.15) is 16.1 Å². The Morgan fingerprint density at radius 3 is 2.43 bits per heavy atom. The SMILES string of the molecule is O=C(COc1ccc2ccccc2c1)Nc1ccc(C(=O)NCc2ccco2)cc1. The van der Waals surface area contributed by atoms with Crippen molar-refractivity contribution in [1.29, 1.82) is 0 Å². The van der Waals surface area contributed by atoms with Crippen LogP contribution in [0.5, 0.6) is 5.75 Å². The predicted molar refractivity (Wildman–Crippen MR) is 114 cm³/mol. The summed E-state index contributed by atoms with van der Waals surface area (Å²) in [5, 5.41) is 7.70. The number of amides is 2. The molecule has 0 aliphatic carbocycles. The van der Waals surface area contributed by atoms with Gasteiger partial charge < -0.3 is 19.8 Å². The predicted octanol–water partition coefficient (Wildman–Crippen LogP) is 4.38. The molecule has 0 spiro atoms. The first-order chi connectivity index (χ1) is 14.7. The molecule has 0 unspecified atom stereocenters. The van der Waals surface area contributed by atoms with Crippen molar-refractivity contribution in [2.45, 2.75) is 6.54 Å². The van der Waals surface area contributed by atoms with E-state index in [1.807, 2.05) is 42.5 Å². The molecule has 0 saturated heterocycles. The third-order valence-electron chi connectivity index (χ3n) is 4.52. The average molecular weight is 400 g/mol. The summed E-state index contributed by atoms with van der Waals surface area (Å²) in [6.45, 7) is 0.208. The lowest BCUT2D eigenvalue weighted by atomic mass is 10.1. The minimum absolute atomic E-state index is 0.107. The quantitative estimate of drug-likeness (QED) is 0.482. The van der Waals surface area contributed by atoms with Gasteiger partial charge in [0, 0.05) is 11.3 Å². The Labute approximate surface area is 173 Å². The van der Waals surface area contributed by atoms with Gasteiger partial charge in [-0.15, -0.1) is 0 Å². The lowest BCUT2D eigenvalue weighted by Crippen LogP contribution is -2.23. The molecule has 2 amide bonds. The van der Waals surface area contributed by atoms with E-state index in [9.17, 15) is 9.59 Å². The maximum absolute atomic E-state index is 12.2. The average Bonchev–Trinajstić information content (AvgIpc) is 3.30. The fourth-order valence-electron chi connectivity index (χ4n) is 2.99. The summed E-state index contributed by atoms with van der Waals surface area (Å²) in [6, 6.07) is 23.9. The van der Waals surface area contributed by atoms with E-state index in [0.717, 1.165) is 10.8 Å². The van der Waals surface area contributed by atoms with Crippen molar-refractivity contribution in [2.75, 3.05) is 11.9 Å². The number of hydrogen-bond donors (Lipinski definition) is 2. The lowest BCUT2D eigenvalue weighted by Gasteiger charge is -2.09. The zero-order valence-electron chi connectivity index (χ0n) is 16.1. The Morgan fingerprint density at radius 2 is 1.67 bits per heavy atom. The summed E-state index contributed by atoms with van der Waals surface area (Å²) < 4.78 is 10.8. The summed E-state index contributed by atoms with van der Waals surface area (Å²) in [5.41, 5.74) is 1.08. The van der Waals surface area contributed by atoms with Crippen LogP contribution in [0.25, 0.3) is 10.8 Å². The summed E-state index contributed by atoms with van der Waals surface area (Å²) >= 11 is 0. The Morgan fingerprint density at radius 1 is 0.867 bits per heavy atom. The second kappa shape index (κ2) is 8.96. The molecule has 0 aliphatic heterocycles. The standard InChI is InChI=1S/C24H20N2O4/c27-23(16-30-21-12-9-17-4-1-2-5-19(17)14-21)26-20-10-7-18(8-11-20)24(28)25-15-22-6-3-13-29-22/h1-14H,15-16H2,(H,25,28)(H,26,27). The maximum atomic E-state index is 12.2. The summed E-state index contributed by atoms with van der Waals surface area (Å²) in [4.78, 5) is 24.3. The van der Waals surface area contributed by atoms with Crippen molar-refractivity contribution in [3.8, 4) is 5.75 Å². The van der Waals surface area contributed by atoms with E-state index in [1.165, 1.54) is 0 Å². The Bertz CT molecular complexity index is 1150. The molecule has 0 saturated carbocycles. The van der Waals surface area contributed by atoms with Crippen LogP contribution in [-0.4, -0.2) is 18.4 Å². The summed E-state index contributed by atoms with van der Waals surface area (Å²) in [6.07, 6.45) is 1.56. The number of carbonyl (C=O) groups excluding carboxylic acids is 2. The maximum Gasteiger partial charge on any atom is 0.262 e. The number of benzene rings is 3. The number of fused-ring (bicyclic) bond motifs is 1. The first-order valence-electron chi connectivity index (χ1n) is 9.49. The van der Waals surface area contributed by atoms with Gasteiger partial charge in [0.25, 0.3) is 11.8 Å². The largest absolute Gasteiger partial charge is 0.484 e. The van der Waals surface area contributed by atoms with Gasteiger partial charge in [-0.2, -0.15) is 0 Å². The molecule has 1 heterocycles. The van der Waals surface area contributed by atoms with Crippen LogP contribution in [0.2, 0.25) is 0 Å². The number of carbonyl (C=O) groups is 2. The zero-order valence-corrected chi connectivity index (χ0v) is 16.1.